The molecule has 0 spiro atoms. The molecule has 0 saturated heterocycles. The molecule has 0 aliphatic carbocycles. The van der Waals surface area contributed by atoms with Crippen LogP contribution in [-0.4, -0.2) is 21.6 Å². The van der Waals surface area contributed by atoms with Crippen LogP contribution in [0.2, 0.25) is 0 Å². The van der Waals surface area contributed by atoms with Gasteiger partial charge >= 0.3 is 0 Å². The number of rotatable bonds is 5. The molecule has 1 aromatic carbocycles. The minimum Gasteiger partial charge on any atom is -0.376 e. The van der Waals surface area contributed by atoms with Gasteiger partial charge < -0.3 is 9.84 Å². The van der Waals surface area contributed by atoms with Crippen molar-refractivity contribution in [3.05, 3.63) is 46.1 Å². The lowest BCUT2D eigenvalue weighted by Crippen LogP contribution is -2.09. The highest BCUT2D eigenvalue weighted by Gasteiger charge is 2.21. The SMILES string of the molecule is O=[N+]([O-])c1ccc(F)c(F)c1NCCc1ncno1. The van der Waals surface area contributed by atoms with Crippen molar-refractivity contribution in [2.45, 2.75) is 6.42 Å². The number of hydrogen-bond acceptors (Lipinski definition) is 6. The summed E-state index contributed by atoms with van der Waals surface area (Å²) >= 11 is 0. The molecule has 0 aliphatic rings. The Morgan fingerprint density at radius 3 is 2.84 bits per heavy atom. The highest BCUT2D eigenvalue weighted by Crippen LogP contribution is 2.28. The van der Waals surface area contributed by atoms with Crippen LogP contribution < -0.4 is 5.32 Å². The predicted molar refractivity (Wildman–Crippen MR) is 59.5 cm³/mol. The third kappa shape index (κ3) is 2.81. The van der Waals surface area contributed by atoms with E-state index in [9.17, 15) is 18.9 Å². The summed E-state index contributed by atoms with van der Waals surface area (Å²) < 4.78 is 31.2. The maximum absolute atomic E-state index is 13.5. The van der Waals surface area contributed by atoms with Gasteiger partial charge in [-0.15, -0.1) is 0 Å². The first kappa shape index (κ1) is 12.9. The van der Waals surface area contributed by atoms with Gasteiger partial charge in [0.15, 0.2) is 23.6 Å². The zero-order valence-electron chi connectivity index (χ0n) is 9.47. The van der Waals surface area contributed by atoms with Gasteiger partial charge in [-0.2, -0.15) is 4.98 Å². The van der Waals surface area contributed by atoms with Crippen molar-refractivity contribution in [1.82, 2.24) is 10.1 Å². The fourth-order valence-electron chi connectivity index (χ4n) is 1.46. The van der Waals surface area contributed by atoms with Crippen LogP contribution in [0.3, 0.4) is 0 Å². The Hall–Kier alpha value is -2.58. The smallest absolute Gasteiger partial charge is 0.295 e. The van der Waals surface area contributed by atoms with Crippen molar-refractivity contribution < 1.29 is 18.2 Å². The Morgan fingerprint density at radius 1 is 1.42 bits per heavy atom. The number of nitro groups is 1. The van der Waals surface area contributed by atoms with E-state index in [-0.39, 0.29) is 18.9 Å². The second kappa shape index (κ2) is 5.38. The lowest BCUT2D eigenvalue weighted by Gasteiger charge is -2.07. The van der Waals surface area contributed by atoms with Crippen molar-refractivity contribution in [2.24, 2.45) is 0 Å². The molecule has 0 bridgehead atoms. The van der Waals surface area contributed by atoms with E-state index >= 15 is 0 Å². The van der Waals surface area contributed by atoms with Gasteiger partial charge in [-0.3, -0.25) is 10.1 Å². The van der Waals surface area contributed by atoms with E-state index in [1.807, 2.05) is 0 Å². The number of hydrogen-bond donors (Lipinski definition) is 1. The summed E-state index contributed by atoms with van der Waals surface area (Å²) in [6, 6.07) is 1.60. The van der Waals surface area contributed by atoms with Crippen LogP contribution in [-0.2, 0) is 6.42 Å². The Balaban J connectivity index is 2.14. The molecule has 1 N–H and O–H groups in total. The first-order valence-corrected chi connectivity index (χ1v) is 5.21. The molecule has 0 saturated carbocycles. The first-order valence-electron chi connectivity index (χ1n) is 5.21. The lowest BCUT2D eigenvalue weighted by atomic mass is 10.2. The number of anilines is 1. The Bertz CT molecular complexity index is 589. The summed E-state index contributed by atoms with van der Waals surface area (Å²) in [5, 5.41) is 16.5. The molecule has 0 atom stereocenters. The molecular formula is C10H8F2N4O3. The number of nitrogens with zero attached hydrogens (tertiary/aromatic N) is 3. The molecule has 0 radical (unpaired) electrons. The average Bonchev–Trinajstić information content (AvgIpc) is 2.87. The molecule has 1 aromatic heterocycles. The summed E-state index contributed by atoms with van der Waals surface area (Å²) in [6.45, 7) is 0.0867. The molecule has 0 aliphatic heterocycles. The number of halogens is 2. The van der Waals surface area contributed by atoms with Gasteiger partial charge in [0.1, 0.15) is 0 Å². The zero-order valence-corrected chi connectivity index (χ0v) is 9.47. The third-order valence-corrected chi connectivity index (χ3v) is 2.32. The summed E-state index contributed by atoms with van der Waals surface area (Å²) in [7, 11) is 0. The minimum atomic E-state index is -1.29. The summed E-state index contributed by atoms with van der Waals surface area (Å²) in [6.07, 6.45) is 1.42. The number of aromatic nitrogens is 2. The maximum atomic E-state index is 13.5. The van der Waals surface area contributed by atoms with Crippen LogP contribution in [0.15, 0.2) is 23.0 Å². The molecule has 100 valence electrons. The Morgan fingerprint density at radius 2 is 2.21 bits per heavy atom. The number of nitrogens with one attached hydrogen (secondary N) is 1. The van der Waals surface area contributed by atoms with E-state index in [1.165, 1.54) is 6.33 Å². The van der Waals surface area contributed by atoms with Crippen LogP contribution in [0.4, 0.5) is 20.2 Å². The van der Waals surface area contributed by atoms with Crippen molar-refractivity contribution in [3.8, 4) is 0 Å². The van der Waals surface area contributed by atoms with Crippen molar-refractivity contribution in [3.63, 3.8) is 0 Å². The number of nitro benzene ring substituents is 1. The molecule has 0 amide bonds. The van der Waals surface area contributed by atoms with Gasteiger partial charge in [-0.1, -0.05) is 5.16 Å². The standard InChI is InChI=1S/C10H8F2N4O3/c11-6-1-2-7(16(17)18)10(9(6)12)13-4-3-8-14-5-15-19-8/h1-2,5,13H,3-4H2. The first-order chi connectivity index (χ1) is 9.09. The van der Waals surface area contributed by atoms with Gasteiger partial charge in [-0.25, -0.2) is 8.78 Å². The molecule has 0 fully saturated rings. The second-order valence-corrected chi connectivity index (χ2v) is 3.52. The Labute approximate surface area is 105 Å². The molecule has 9 heteroatoms. The fourth-order valence-corrected chi connectivity index (χ4v) is 1.46. The van der Waals surface area contributed by atoms with E-state index < -0.39 is 27.9 Å². The summed E-state index contributed by atoms with van der Waals surface area (Å²) in [5.74, 6) is -2.17. The molecule has 19 heavy (non-hydrogen) atoms. The van der Waals surface area contributed by atoms with Gasteiger partial charge in [0.25, 0.3) is 5.69 Å². The fraction of sp³-hybridized carbons (Fsp3) is 0.200. The average molecular weight is 270 g/mol. The van der Waals surface area contributed by atoms with Gasteiger partial charge in [-0.05, 0) is 6.07 Å². The minimum absolute atomic E-state index is 0.0867. The van der Waals surface area contributed by atoms with Crippen LogP contribution in [0, 0.1) is 21.7 Å². The topological polar surface area (TPSA) is 94.1 Å². The zero-order chi connectivity index (χ0) is 13.8. The maximum Gasteiger partial charge on any atom is 0.295 e. The lowest BCUT2D eigenvalue weighted by molar-refractivity contribution is -0.384. The van der Waals surface area contributed by atoms with E-state index in [0.717, 1.165) is 6.07 Å². The predicted octanol–water partition coefficient (Wildman–Crippen LogP) is 1.91. The van der Waals surface area contributed by atoms with Crippen molar-refractivity contribution >= 4 is 11.4 Å². The summed E-state index contributed by atoms with van der Waals surface area (Å²) in [5.41, 5.74) is -1.03. The van der Waals surface area contributed by atoms with Crippen LogP contribution in [0.1, 0.15) is 5.89 Å². The van der Waals surface area contributed by atoms with E-state index in [0.29, 0.717) is 6.07 Å². The summed E-state index contributed by atoms with van der Waals surface area (Å²) in [4.78, 5) is 13.6. The van der Waals surface area contributed by atoms with E-state index in [4.69, 9.17) is 4.52 Å². The van der Waals surface area contributed by atoms with Crippen molar-refractivity contribution in [2.75, 3.05) is 11.9 Å². The van der Waals surface area contributed by atoms with Gasteiger partial charge in [0.2, 0.25) is 5.89 Å². The molecule has 2 rings (SSSR count). The largest absolute Gasteiger partial charge is 0.376 e. The van der Waals surface area contributed by atoms with Crippen molar-refractivity contribution in [1.29, 1.82) is 0 Å². The molecule has 7 nitrogen and oxygen atoms in total. The van der Waals surface area contributed by atoms with Crippen LogP contribution in [0.25, 0.3) is 0 Å². The number of benzene rings is 1. The Kier molecular flexibility index (Phi) is 3.64. The molecule has 0 unspecified atom stereocenters. The van der Waals surface area contributed by atoms with Gasteiger partial charge in [0, 0.05) is 19.0 Å². The monoisotopic (exact) mass is 270 g/mol. The normalized spacial score (nSPS) is 10.4. The van der Waals surface area contributed by atoms with E-state index in [1.54, 1.807) is 0 Å². The van der Waals surface area contributed by atoms with E-state index in [2.05, 4.69) is 15.5 Å². The second-order valence-electron chi connectivity index (χ2n) is 3.52. The van der Waals surface area contributed by atoms with Gasteiger partial charge in [0.05, 0.1) is 4.92 Å². The van der Waals surface area contributed by atoms with Crippen LogP contribution in [0.5, 0.6) is 0 Å². The highest BCUT2D eigenvalue weighted by atomic mass is 19.2. The van der Waals surface area contributed by atoms with Crippen LogP contribution >= 0.6 is 0 Å². The molecule has 1 heterocycles. The quantitative estimate of drug-likeness (QED) is 0.658. The molecule has 2 aromatic rings. The highest BCUT2D eigenvalue weighted by molar-refractivity contribution is 5.62. The third-order valence-electron chi connectivity index (χ3n) is 2.32. The molecular weight excluding hydrogens is 262 g/mol.